The number of rotatable bonds is 7. The summed E-state index contributed by atoms with van der Waals surface area (Å²) in [6.07, 6.45) is 20.2. The maximum atomic E-state index is 12.7. The number of esters is 1. The predicted molar refractivity (Wildman–Crippen MR) is 146 cm³/mol. The lowest BCUT2D eigenvalue weighted by Crippen LogP contribution is -2.51. The summed E-state index contributed by atoms with van der Waals surface area (Å²) in [5.41, 5.74) is 3.03. The lowest BCUT2D eigenvalue weighted by atomic mass is 9.47. The monoisotopic (exact) mass is 491 g/mol. The van der Waals surface area contributed by atoms with Crippen molar-refractivity contribution in [2.45, 2.75) is 111 Å². The standard InChI is InChI=1S/C33H49NO2/c1-22(2)7-6-8-23(3)28-11-12-29-27-10-9-25-21-26(36-31(35)24-15-19-34-20-16-24)13-17-32(25,4)30(27)14-18-33(28,29)5/h9,15-16,19-20,22-23,26-30H,6-8,10-14,17-18,21H2,1-5H3/t23-,26?,27+,28-,29+,30+,32+,33-/m1/s1. The molecule has 36 heavy (non-hydrogen) atoms. The summed E-state index contributed by atoms with van der Waals surface area (Å²) in [4.78, 5) is 16.7. The molecule has 0 aromatic carbocycles. The summed E-state index contributed by atoms with van der Waals surface area (Å²) >= 11 is 0. The van der Waals surface area contributed by atoms with Crippen molar-refractivity contribution in [2.75, 3.05) is 0 Å². The fourth-order valence-electron chi connectivity index (χ4n) is 9.46. The van der Waals surface area contributed by atoms with Crippen LogP contribution in [0.15, 0.2) is 36.2 Å². The highest BCUT2D eigenvalue weighted by Crippen LogP contribution is 2.67. The summed E-state index contributed by atoms with van der Waals surface area (Å²) in [5, 5.41) is 0. The Morgan fingerprint density at radius 3 is 2.56 bits per heavy atom. The van der Waals surface area contributed by atoms with Crippen molar-refractivity contribution in [3.63, 3.8) is 0 Å². The third kappa shape index (κ3) is 4.69. The van der Waals surface area contributed by atoms with E-state index < -0.39 is 0 Å². The van der Waals surface area contributed by atoms with Gasteiger partial charge in [-0.1, -0.05) is 65.5 Å². The van der Waals surface area contributed by atoms with Gasteiger partial charge >= 0.3 is 5.97 Å². The van der Waals surface area contributed by atoms with Crippen LogP contribution in [0.5, 0.6) is 0 Å². The molecule has 4 aliphatic rings. The van der Waals surface area contributed by atoms with Crippen LogP contribution in [0.2, 0.25) is 0 Å². The third-order valence-corrected chi connectivity index (χ3v) is 11.4. The fraction of sp³-hybridized carbons (Fsp3) is 0.758. The minimum Gasteiger partial charge on any atom is -0.458 e. The molecule has 0 amide bonds. The lowest BCUT2D eigenvalue weighted by Gasteiger charge is -2.58. The maximum Gasteiger partial charge on any atom is 0.338 e. The molecule has 198 valence electrons. The fourth-order valence-corrected chi connectivity index (χ4v) is 9.46. The second kappa shape index (κ2) is 10.3. The van der Waals surface area contributed by atoms with E-state index in [-0.39, 0.29) is 12.1 Å². The summed E-state index contributed by atoms with van der Waals surface area (Å²) in [7, 11) is 0. The number of carbonyl (C=O) groups is 1. The van der Waals surface area contributed by atoms with Crippen molar-refractivity contribution in [3.8, 4) is 0 Å². The maximum absolute atomic E-state index is 12.7. The first-order valence-corrected chi connectivity index (χ1v) is 15.0. The Morgan fingerprint density at radius 2 is 1.81 bits per heavy atom. The van der Waals surface area contributed by atoms with Crippen molar-refractivity contribution < 1.29 is 9.53 Å². The number of pyridine rings is 1. The van der Waals surface area contributed by atoms with Crippen LogP contribution in [0.25, 0.3) is 0 Å². The summed E-state index contributed by atoms with van der Waals surface area (Å²) in [6, 6.07) is 3.50. The zero-order valence-electron chi connectivity index (χ0n) is 23.5. The van der Waals surface area contributed by atoms with E-state index in [2.05, 4.69) is 45.7 Å². The zero-order valence-corrected chi connectivity index (χ0v) is 23.5. The highest BCUT2D eigenvalue weighted by atomic mass is 16.5. The number of hydrogen-bond donors (Lipinski definition) is 0. The molecule has 0 spiro atoms. The molecule has 3 heteroatoms. The molecule has 1 aromatic rings. The SMILES string of the molecule is CC(C)CCC[C@@H](C)[C@H]1CC[C@H]2[C@@H]3CC=C4CC(OC(=O)c5ccncc5)CC[C@]4(C)[C@H]3CC[C@]12C. The van der Waals surface area contributed by atoms with Gasteiger partial charge in [0, 0.05) is 18.8 Å². The van der Waals surface area contributed by atoms with Crippen molar-refractivity contribution in [1.82, 2.24) is 4.98 Å². The van der Waals surface area contributed by atoms with Gasteiger partial charge in [-0.15, -0.1) is 0 Å². The number of hydrogen-bond acceptors (Lipinski definition) is 3. The Labute approximate surface area is 219 Å². The molecule has 0 N–H and O–H groups in total. The third-order valence-electron chi connectivity index (χ3n) is 11.4. The van der Waals surface area contributed by atoms with Crippen LogP contribution >= 0.6 is 0 Å². The number of nitrogens with zero attached hydrogens (tertiary/aromatic N) is 1. The Hall–Kier alpha value is -1.64. The first-order chi connectivity index (χ1) is 17.2. The van der Waals surface area contributed by atoms with Gasteiger partial charge in [0.2, 0.25) is 0 Å². The van der Waals surface area contributed by atoms with Gasteiger partial charge in [0.05, 0.1) is 5.56 Å². The minimum absolute atomic E-state index is 0.0120. The van der Waals surface area contributed by atoms with Crippen LogP contribution in [0.1, 0.15) is 116 Å². The van der Waals surface area contributed by atoms with Gasteiger partial charge in [0.1, 0.15) is 6.10 Å². The first-order valence-electron chi connectivity index (χ1n) is 15.0. The molecule has 1 aromatic heterocycles. The second-order valence-electron chi connectivity index (χ2n) is 13.8. The smallest absolute Gasteiger partial charge is 0.338 e. The summed E-state index contributed by atoms with van der Waals surface area (Å²) in [5.74, 6) is 4.96. The van der Waals surface area contributed by atoms with Gasteiger partial charge in [0.15, 0.2) is 0 Å². The number of fused-ring (bicyclic) bond motifs is 5. The van der Waals surface area contributed by atoms with E-state index in [1.807, 2.05) is 0 Å². The average Bonchev–Trinajstić information content (AvgIpc) is 3.22. The van der Waals surface area contributed by atoms with Crippen molar-refractivity contribution in [2.24, 2.45) is 46.3 Å². The Kier molecular flexibility index (Phi) is 7.40. The molecule has 4 aliphatic carbocycles. The number of allylic oxidation sites excluding steroid dienone is 1. The normalized spacial score (nSPS) is 38.5. The molecule has 3 saturated carbocycles. The molecule has 5 rings (SSSR count). The molecular formula is C33H49NO2. The molecule has 3 nitrogen and oxygen atoms in total. The highest BCUT2D eigenvalue weighted by molar-refractivity contribution is 5.89. The van der Waals surface area contributed by atoms with Gasteiger partial charge in [-0.2, -0.15) is 0 Å². The van der Waals surface area contributed by atoms with Crippen molar-refractivity contribution in [3.05, 3.63) is 41.7 Å². The van der Waals surface area contributed by atoms with Gasteiger partial charge in [0.25, 0.3) is 0 Å². The molecule has 1 heterocycles. The summed E-state index contributed by atoms with van der Waals surface area (Å²) in [6.45, 7) is 12.5. The van der Waals surface area contributed by atoms with Crippen LogP contribution in [0.4, 0.5) is 0 Å². The van der Waals surface area contributed by atoms with Gasteiger partial charge in [-0.05, 0) is 103 Å². The van der Waals surface area contributed by atoms with Crippen LogP contribution in [-0.4, -0.2) is 17.1 Å². The number of ether oxygens (including phenoxy) is 1. The second-order valence-corrected chi connectivity index (χ2v) is 13.8. The Bertz CT molecular complexity index is 954. The molecule has 0 bridgehead atoms. The topological polar surface area (TPSA) is 39.2 Å². The summed E-state index contributed by atoms with van der Waals surface area (Å²) < 4.78 is 5.97. The van der Waals surface area contributed by atoms with E-state index in [1.54, 1.807) is 30.1 Å². The average molecular weight is 492 g/mol. The highest BCUT2D eigenvalue weighted by Gasteiger charge is 2.59. The van der Waals surface area contributed by atoms with Crippen LogP contribution < -0.4 is 0 Å². The lowest BCUT2D eigenvalue weighted by molar-refractivity contribution is -0.0594. The molecule has 0 aliphatic heterocycles. The zero-order chi connectivity index (χ0) is 25.5. The number of carbonyl (C=O) groups excluding carboxylic acids is 1. The van der Waals surface area contributed by atoms with E-state index >= 15 is 0 Å². The minimum atomic E-state index is -0.201. The van der Waals surface area contributed by atoms with E-state index in [1.165, 1.54) is 51.4 Å². The predicted octanol–water partition coefficient (Wildman–Crippen LogP) is 8.65. The molecule has 0 saturated heterocycles. The van der Waals surface area contributed by atoms with Gasteiger partial charge < -0.3 is 4.74 Å². The largest absolute Gasteiger partial charge is 0.458 e. The molecule has 0 radical (unpaired) electrons. The van der Waals surface area contributed by atoms with Crippen LogP contribution in [-0.2, 0) is 4.74 Å². The van der Waals surface area contributed by atoms with Crippen molar-refractivity contribution in [1.29, 1.82) is 0 Å². The molecule has 3 fully saturated rings. The van der Waals surface area contributed by atoms with E-state index in [9.17, 15) is 4.79 Å². The van der Waals surface area contributed by atoms with E-state index in [0.29, 0.717) is 16.4 Å². The molecular weight excluding hydrogens is 442 g/mol. The number of aromatic nitrogens is 1. The van der Waals surface area contributed by atoms with Gasteiger partial charge in [-0.25, -0.2) is 4.79 Å². The van der Waals surface area contributed by atoms with E-state index in [0.717, 1.165) is 54.8 Å². The van der Waals surface area contributed by atoms with Crippen LogP contribution in [0, 0.1) is 46.3 Å². The molecule has 8 atom stereocenters. The molecule has 1 unspecified atom stereocenters. The Morgan fingerprint density at radius 1 is 1.03 bits per heavy atom. The van der Waals surface area contributed by atoms with E-state index in [4.69, 9.17) is 4.74 Å². The van der Waals surface area contributed by atoms with Crippen molar-refractivity contribution >= 4 is 5.97 Å². The first kappa shape index (κ1) is 26.0. The Balaban J connectivity index is 1.25. The van der Waals surface area contributed by atoms with Gasteiger partial charge in [-0.3, -0.25) is 4.98 Å². The quantitative estimate of drug-likeness (QED) is 0.283. The van der Waals surface area contributed by atoms with Crippen LogP contribution in [0.3, 0.4) is 0 Å².